The van der Waals surface area contributed by atoms with E-state index in [-0.39, 0.29) is 29.9 Å². The summed E-state index contributed by atoms with van der Waals surface area (Å²) in [6.07, 6.45) is 3.25. The number of pyridine rings is 2. The van der Waals surface area contributed by atoms with Crippen LogP contribution in [0.15, 0.2) is 53.6 Å². The van der Waals surface area contributed by atoms with Crippen molar-refractivity contribution < 1.29 is 4.79 Å². The van der Waals surface area contributed by atoms with Gasteiger partial charge in [0.15, 0.2) is 0 Å². The third-order valence-corrected chi connectivity index (χ3v) is 5.52. The summed E-state index contributed by atoms with van der Waals surface area (Å²) < 4.78 is 0. The Morgan fingerprint density at radius 1 is 1.12 bits per heavy atom. The summed E-state index contributed by atoms with van der Waals surface area (Å²) in [4.78, 5) is 31.9. The van der Waals surface area contributed by atoms with Crippen LogP contribution in [-0.4, -0.2) is 35.0 Å². The number of aryl methyl sites for hydroxylation is 1. The number of benzene rings is 1. The Balaban J connectivity index is 0.00000289. The first kappa shape index (κ1) is 23.5. The first-order valence-electron chi connectivity index (χ1n) is 10.5. The zero-order valence-corrected chi connectivity index (χ0v) is 19.2. The van der Waals surface area contributed by atoms with Crippen LogP contribution in [0, 0.1) is 6.92 Å². The van der Waals surface area contributed by atoms with Gasteiger partial charge in [-0.2, -0.15) is 0 Å². The topological polar surface area (TPSA) is 98.9 Å². The van der Waals surface area contributed by atoms with Crippen molar-refractivity contribution in [2.75, 3.05) is 23.7 Å². The Hall–Kier alpha value is -3.16. The molecule has 8 heteroatoms. The fourth-order valence-electron chi connectivity index (χ4n) is 3.70. The fraction of sp³-hybridized carbons (Fsp3) is 0.292. The summed E-state index contributed by atoms with van der Waals surface area (Å²) in [6, 6.07) is 11.5. The molecule has 1 fully saturated rings. The van der Waals surface area contributed by atoms with E-state index in [1.165, 1.54) is 5.56 Å². The van der Waals surface area contributed by atoms with Gasteiger partial charge in [-0.05, 0) is 59.9 Å². The maximum atomic E-state index is 12.8. The summed E-state index contributed by atoms with van der Waals surface area (Å²) in [5.41, 5.74) is 5.43. The number of rotatable bonds is 6. The molecule has 4 N–H and O–H groups in total. The van der Waals surface area contributed by atoms with Gasteiger partial charge in [-0.3, -0.25) is 14.6 Å². The molecule has 0 bridgehead atoms. The van der Waals surface area contributed by atoms with Gasteiger partial charge < -0.3 is 20.9 Å². The predicted octanol–water partition coefficient (Wildman–Crippen LogP) is 3.93. The normalized spacial score (nSPS) is 13.2. The minimum Gasteiger partial charge on any atom is -0.375 e. The average molecular weight is 454 g/mol. The van der Waals surface area contributed by atoms with Gasteiger partial charge in [-0.1, -0.05) is 19.9 Å². The molecule has 3 heterocycles. The van der Waals surface area contributed by atoms with Crippen molar-refractivity contribution >= 4 is 29.7 Å². The van der Waals surface area contributed by atoms with E-state index in [9.17, 15) is 9.59 Å². The number of carbonyl (C=O) groups excluding carboxylic acids is 1. The Morgan fingerprint density at radius 2 is 1.91 bits per heavy atom. The van der Waals surface area contributed by atoms with Crippen LogP contribution >= 0.6 is 12.4 Å². The molecule has 0 spiro atoms. The lowest BCUT2D eigenvalue weighted by molar-refractivity contribution is 0.102. The van der Waals surface area contributed by atoms with Gasteiger partial charge in [0.25, 0.3) is 11.5 Å². The fourth-order valence-corrected chi connectivity index (χ4v) is 3.70. The molecule has 1 saturated heterocycles. The van der Waals surface area contributed by atoms with Gasteiger partial charge in [0.1, 0.15) is 11.4 Å². The third-order valence-electron chi connectivity index (χ3n) is 5.52. The second-order valence-corrected chi connectivity index (χ2v) is 8.24. The number of aromatic nitrogens is 2. The highest BCUT2D eigenvalue weighted by Crippen LogP contribution is 2.24. The van der Waals surface area contributed by atoms with Gasteiger partial charge in [0, 0.05) is 36.7 Å². The SMILES string of the molecule is Cc1cc(NC(=O)c2cc(-c3c[nH]c(=O)c(NC4CNC4)c3)ccn2)ccc1C(C)C.Cl. The van der Waals surface area contributed by atoms with Gasteiger partial charge in [-0.15, -0.1) is 12.4 Å². The van der Waals surface area contributed by atoms with Crippen LogP contribution in [0.2, 0.25) is 0 Å². The van der Waals surface area contributed by atoms with Crippen molar-refractivity contribution in [1.82, 2.24) is 15.3 Å². The molecular weight excluding hydrogens is 426 g/mol. The van der Waals surface area contributed by atoms with Crippen molar-refractivity contribution in [3.63, 3.8) is 0 Å². The van der Waals surface area contributed by atoms with Gasteiger partial charge >= 0.3 is 0 Å². The van der Waals surface area contributed by atoms with E-state index in [1.54, 1.807) is 18.5 Å². The van der Waals surface area contributed by atoms with Crippen LogP contribution in [0.5, 0.6) is 0 Å². The van der Waals surface area contributed by atoms with E-state index >= 15 is 0 Å². The molecule has 0 unspecified atom stereocenters. The summed E-state index contributed by atoms with van der Waals surface area (Å²) in [6.45, 7) is 8.01. The molecule has 7 nitrogen and oxygen atoms in total. The Labute approximate surface area is 193 Å². The summed E-state index contributed by atoms with van der Waals surface area (Å²) in [7, 11) is 0. The quantitative estimate of drug-likeness (QED) is 0.453. The standard InChI is InChI=1S/C24H27N5O2.ClH/c1-14(2)20-5-4-18(8-15(20)3)29-24(31)21-9-16(6-7-26-21)17-10-22(23(30)27-11-17)28-19-12-25-13-19;/h4-11,14,19,25,28H,12-13H2,1-3H3,(H,27,30)(H,29,31);1H. The van der Waals surface area contributed by atoms with Crippen molar-refractivity contribution in [1.29, 1.82) is 0 Å². The number of hydrogen-bond acceptors (Lipinski definition) is 5. The molecule has 0 aliphatic carbocycles. The smallest absolute Gasteiger partial charge is 0.274 e. The molecule has 168 valence electrons. The van der Waals surface area contributed by atoms with Crippen LogP contribution < -0.4 is 21.5 Å². The van der Waals surface area contributed by atoms with Gasteiger partial charge in [0.05, 0.1) is 6.04 Å². The van der Waals surface area contributed by atoms with Crippen molar-refractivity contribution in [3.05, 3.63) is 76.0 Å². The summed E-state index contributed by atoms with van der Waals surface area (Å²) in [5.74, 6) is 0.155. The number of H-pyrrole nitrogens is 1. The number of carbonyl (C=O) groups is 1. The highest BCUT2D eigenvalue weighted by molar-refractivity contribution is 6.03. The van der Waals surface area contributed by atoms with Crippen LogP contribution in [-0.2, 0) is 0 Å². The number of halogens is 1. The first-order valence-corrected chi connectivity index (χ1v) is 10.5. The van der Waals surface area contributed by atoms with Crippen LogP contribution in [0.4, 0.5) is 11.4 Å². The zero-order valence-electron chi connectivity index (χ0n) is 18.4. The number of nitrogens with one attached hydrogen (secondary N) is 4. The molecule has 1 aliphatic heterocycles. The molecule has 0 saturated carbocycles. The van der Waals surface area contributed by atoms with E-state index in [1.807, 2.05) is 37.3 Å². The molecule has 0 radical (unpaired) electrons. The minimum atomic E-state index is -0.276. The average Bonchev–Trinajstić information content (AvgIpc) is 2.71. The molecular formula is C24H28ClN5O2. The number of anilines is 2. The molecule has 4 rings (SSSR count). The zero-order chi connectivity index (χ0) is 22.0. The van der Waals surface area contributed by atoms with E-state index in [0.29, 0.717) is 17.3 Å². The summed E-state index contributed by atoms with van der Waals surface area (Å²) >= 11 is 0. The molecule has 1 aliphatic rings. The maximum Gasteiger partial charge on any atom is 0.274 e. The van der Waals surface area contributed by atoms with E-state index in [2.05, 4.69) is 39.8 Å². The van der Waals surface area contributed by atoms with Crippen molar-refractivity contribution in [2.24, 2.45) is 0 Å². The molecule has 0 atom stereocenters. The molecule has 2 aromatic heterocycles. The molecule has 1 aromatic carbocycles. The highest BCUT2D eigenvalue weighted by atomic mass is 35.5. The predicted molar refractivity (Wildman–Crippen MR) is 131 cm³/mol. The molecule has 1 amide bonds. The lowest BCUT2D eigenvalue weighted by Gasteiger charge is -2.28. The Morgan fingerprint density at radius 3 is 2.56 bits per heavy atom. The summed E-state index contributed by atoms with van der Waals surface area (Å²) in [5, 5.41) is 9.34. The Kier molecular flexibility index (Phi) is 7.33. The van der Waals surface area contributed by atoms with E-state index in [4.69, 9.17) is 0 Å². The van der Waals surface area contributed by atoms with Crippen molar-refractivity contribution in [3.8, 4) is 11.1 Å². The van der Waals surface area contributed by atoms with E-state index < -0.39 is 0 Å². The van der Waals surface area contributed by atoms with Crippen LogP contribution in [0.25, 0.3) is 11.1 Å². The Bertz CT molecular complexity index is 1170. The third kappa shape index (κ3) is 5.18. The maximum absolute atomic E-state index is 12.8. The number of amides is 1. The second-order valence-electron chi connectivity index (χ2n) is 8.24. The minimum absolute atomic E-state index is 0. The highest BCUT2D eigenvalue weighted by Gasteiger charge is 2.18. The second kappa shape index (κ2) is 9.97. The van der Waals surface area contributed by atoms with Crippen molar-refractivity contribution in [2.45, 2.75) is 32.7 Å². The number of aromatic amines is 1. The monoisotopic (exact) mass is 453 g/mol. The van der Waals surface area contributed by atoms with Gasteiger partial charge in [0.2, 0.25) is 0 Å². The van der Waals surface area contributed by atoms with Gasteiger partial charge in [-0.25, -0.2) is 0 Å². The lowest BCUT2D eigenvalue weighted by Crippen LogP contribution is -2.52. The van der Waals surface area contributed by atoms with E-state index in [0.717, 1.165) is 35.5 Å². The molecule has 32 heavy (non-hydrogen) atoms. The molecule has 3 aromatic rings. The number of hydrogen-bond donors (Lipinski definition) is 4. The number of nitrogens with zero attached hydrogens (tertiary/aromatic N) is 1. The lowest BCUT2D eigenvalue weighted by atomic mass is 9.97. The largest absolute Gasteiger partial charge is 0.375 e. The van der Waals surface area contributed by atoms with Crippen LogP contribution in [0.3, 0.4) is 0 Å². The first-order chi connectivity index (χ1) is 14.9. The van der Waals surface area contributed by atoms with Crippen LogP contribution in [0.1, 0.15) is 41.4 Å².